The summed E-state index contributed by atoms with van der Waals surface area (Å²) in [5, 5.41) is 0. The van der Waals surface area contributed by atoms with Crippen LogP contribution in [-0.2, 0) is 14.4 Å². The van der Waals surface area contributed by atoms with Crippen LogP contribution < -0.4 is 14.5 Å². The van der Waals surface area contributed by atoms with Crippen LogP contribution in [0.5, 0.6) is 5.75 Å². The third kappa shape index (κ3) is 3.51. The van der Waals surface area contributed by atoms with Gasteiger partial charge in [0.1, 0.15) is 5.75 Å². The van der Waals surface area contributed by atoms with Crippen LogP contribution >= 0.6 is 0 Å². The Morgan fingerprint density at radius 3 is 2.32 bits per heavy atom. The van der Waals surface area contributed by atoms with Crippen molar-refractivity contribution in [2.75, 3.05) is 38.2 Å². The van der Waals surface area contributed by atoms with E-state index in [4.69, 9.17) is 4.74 Å². The molecule has 0 aliphatic carbocycles. The normalized spacial score (nSPS) is 28.1. The lowest BCUT2D eigenvalue weighted by molar-refractivity contribution is -0.920. The summed E-state index contributed by atoms with van der Waals surface area (Å²) in [5.74, 6) is 0.768. The van der Waals surface area contributed by atoms with E-state index in [1.54, 1.807) is 31.4 Å². The van der Waals surface area contributed by atoms with Crippen LogP contribution in [0.2, 0.25) is 0 Å². The molecule has 0 bridgehead atoms. The molecule has 1 aromatic rings. The Morgan fingerprint density at radius 1 is 1.07 bits per heavy atom. The lowest BCUT2D eigenvalue weighted by Crippen LogP contribution is -3.17. The molecule has 3 heterocycles. The van der Waals surface area contributed by atoms with E-state index in [9.17, 15) is 14.4 Å². The number of carbonyl (C=O) groups is 3. The van der Waals surface area contributed by atoms with Crippen LogP contribution in [0, 0.1) is 5.92 Å². The molecule has 1 aromatic carbocycles. The number of nitrogens with zero attached hydrogens (tertiary/aromatic N) is 2. The Hall–Kier alpha value is -2.41. The standard InChI is InChI=1S/C21H27N3O4/c1-28-17-6-4-16(5-7-17)24-19(25)14-18(21(24)27)22-12-8-15(9-13-22)20(26)23-10-2-3-11-23/h4-7,15,18H,2-3,8-14H2,1H3/p+1/t18-/m0/s1. The molecule has 4 rings (SSSR count). The van der Waals surface area contributed by atoms with Gasteiger partial charge in [-0.2, -0.15) is 0 Å². The van der Waals surface area contributed by atoms with Gasteiger partial charge in [0.15, 0.2) is 6.04 Å². The average molecular weight is 386 g/mol. The molecule has 1 N–H and O–H groups in total. The molecule has 28 heavy (non-hydrogen) atoms. The van der Waals surface area contributed by atoms with Crippen molar-refractivity contribution >= 4 is 23.4 Å². The first kappa shape index (κ1) is 18.9. The molecule has 3 amide bonds. The highest BCUT2D eigenvalue weighted by Gasteiger charge is 2.47. The largest absolute Gasteiger partial charge is 0.497 e. The minimum absolute atomic E-state index is 0.0757. The maximum absolute atomic E-state index is 13.0. The van der Waals surface area contributed by atoms with Crippen LogP contribution in [0.3, 0.4) is 0 Å². The minimum Gasteiger partial charge on any atom is -0.497 e. The van der Waals surface area contributed by atoms with Gasteiger partial charge in [0.05, 0.1) is 32.3 Å². The SMILES string of the molecule is COc1ccc(N2C(=O)C[C@H]([NH+]3CCC(C(=O)N4CCCC4)CC3)C2=O)cc1. The molecule has 7 heteroatoms. The molecule has 150 valence electrons. The summed E-state index contributed by atoms with van der Waals surface area (Å²) in [6, 6.07) is 6.66. The van der Waals surface area contributed by atoms with E-state index in [2.05, 4.69) is 0 Å². The molecule has 1 atom stereocenters. The fourth-order valence-corrected chi connectivity index (χ4v) is 4.73. The quantitative estimate of drug-likeness (QED) is 0.753. The second-order valence-electron chi connectivity index (χ2n) is 7.99. The number of amides is 3. The molecule has 3 fully saturated rings. The number of likely N-dealkylation sites (tertiary alicyclic amines) is 2. The van der Waals surface area contributed by atoms with Crippen molar-refractivity contribution in [1.82, 2.24) is 4.90 Å². The zero-order valence-corrected chi connectivity index (χ0v) is 16.4. The van der Waals surface area contributed by atoms with Crippen molar-refractivity contribution in [1.29, 1.82) is 0 Å². The van der Waals surface area contributed by atoms with Crippen LogP contribution in [0.4, 0.5) is 5.69 Å². The highest BCUT2D eigenvalue weighted by molar-refractivity contribution is 6.21. The van der Waals surface area contributed by atoms with Gasteiger partial charge in [0, 0.05) is 31.8 Å². The summed E-state index contributed by atoms with van der Waals surface area (Å²) in [5.41, 5.74) is 0.594. The van der Waals surface area contributed by atoms with E-state index in [-0.39, 0.29) is 36.1 Å². The lowest BCUT2D eigenvalue weighted by Gasteiger charge is -2.33. The maximum Gasteiger partial charge on any atom is 0.292 e. The van der Waals surface area contributed by atoms with Crippen molar-refractivity contribution in [2.24, 2.45) is 5.92 Å². The number of piperidine rings is 1. The van der Waals surface area contributed by atoms with Gasteiger partial charge in [0.25, 0.3) is 5.91 Å². The number of ether oxygens (including phenoxy) is 1. The molecule has 0 unspecified atom stereocenters. The first-order valence-electron chi connectivity index (χ1n) is 10.2. The van der Waals surface area contributed by atoms with E-state index in [1.165, 1.54) is 4.90 Å². The molecule has 3 saturated heterocycles. The van der Waals surface area contributed by atoms with Crippen molar-refractivity contribution in [2.45, 2.75) is 38.1 Å². The van der Waals surface area contributed by atoms with Crippen LogP contribution in [0.1, 0.15) is 32.1 Å². The Morgan fingerprint density at radius 2 is 1.71 bits per heavy atom. The van der Waals surface area contributed by atoms with E-state index in [0.29, 0.717) is 11.4 Å². The Kier molecular flexibility index (Phi) is 5.35. The molecular weight excluding hydrogens is 358 g/mol. The van der Waals surface area contributed by atoms with Crippen LogP contribution in [-0.4, -0.2) is 62.0 Å². The van der Waals surface area contributed by atoms with Gasteiger partial charge in [-0.1, -0.05) is 0 Å². The number of hydrogen-bond donors (Lipinski definition) is 1. The minimum atomic E-state index is -0.336. The van der Waals surface area contributed by atoms with Crippen molar-refractivity contribution in [3.63, 3.8) is 0 Å². The highest BCUT2D eigenvalue weighted by atomic mass is 16.5. The molecule has 3 aliphatic rings. The summed E-state index contributed by atoms with van der Waals surface area (Å²) in [7, 11) is 1.58. The fourth-order valence-electron chi connectivity index (χ4n) is 4.73. The van der Waals surface area contributed by atoms with E-state index in [0.717, 1.165) is 56.8 Å². The number of hydrogen-bond acceptors (Lipinski definition) is 4. The zero-order valence-electron chi connectivity index (χ0n) is 16.4. The first-order valence-corrected chi connectivity index (χ1v) is 10.2. The van der Waals surface area contributed by atoms with Crippen molar-refractivity contribution < 1.29 is 24.0 Å². The molecule has 0 spiro atoms. The third-order valence-corrected chi connectivity index (χ3v) is 6.36. The molecule has 7 nitrogen and oxygen atoms in total. The smallest absolute Gasteiger partial charge is 0.292 e. The van der Waals surface area contributed by atoms with E-state index < -0.39 is 0 Å². The van der Waals surface area contributed by atoms with Crippen molar-refractivity contribution in [3.8, 4) is 5.75 Å². The lowest BCUT2D eigenvalue weighted by atomic mass is 9.94. The number of quaternary nitrogens is 1. The van der Waals surface area contributed by atoms with Gasteiger partial charge in [-0.3, -0.25) is 14.4 Å². The number of nitrogens with one attached hydrogen (secondary N) is 1. The predicted molar refractivity (Wildman–Crippen MR) is 103 cm³/mol. The summed E-state index contributed by atoms with van der Waals surface area (Å²) >= 11 is 0. The Labute approximate surface area is 165 Å². The number of methoxy groups -OCH3 is 1. The molecule has 0 aromatic heterocycles. The summed E-state index contributed by atoms with van der Waals surface area (Å²) in [6.07, 6.45) is 4.05. The van der Waals surface area contributed by atoms with E-state index in [1.807, 2.05) is 4.90 Å². The van der Waals surface area contributed by atoms with Crippen molar-refractivity contribution in [3.05, 3.63) is 24.3 Å². The summed E-state index contributed by atoms with van der Waals surface area (Å²) < 4.78 is 5.14. The zero-order chi connectivity index (χ0) is 19.7. The number of carbonyl (C=O) groups excluding carboxylic acids is 3. The maximum atomic E-state index is 13.0. The second kappa shape index (κ2) is 7.91. The van der Waals surface area contributed by atoms with Crippen LogP contribution in [0.15, 0.2) is 24.3 Å². The summed E-state index contributed by atoms with van der Waals surface area (Å²) in [6.45, 7) is 3.31. The monoisotopic (exact) mass is 386 g/mol. The third-order valence-electron chi connectivity index (χ3n) is 6.36. The van der Waals surface area contributed by atoms with Gasteiger partial charge in [0.2, 0.25) is 11.8 Å². The van der Waals surface area contributed by atoms with Gasteiger partial charge in [-0.15, -0.1) is 0 Å². The summed E-state index contributed by atoms with van der Waals surface area (Å²) in [4.78, 5) is 42.6. The Bertz CT molecular complexity index is 749. The topological polar surface area (TPSA) is 71.4 Å². The van der Waals surface area contributed by atoms with Crippen LogP contribution in [0.25, 0.3) is 0 Å². The average Bonchev–Trinajstić information content (AvgIpc) is 3.36. The molecule has 0 saturated carbocycles. The fraction of sp³-hybridized carbons (Fsp3) is 0.571. The van der Waals surface area contributed by atoms with Gasteiger partial charge >= 0.3 is 0 Å². The molecule has 3 aliphatic heterocycles. The number of rotatable bonds is 4. The highest BCUT2D eigenvalue weighted by Crippen LogP contribution is 2.25. The van der Waals surface area contributed by atoms with Gasteiger partial charge < -0.3 is 14.5 Å². The second-order valence-corrected chi connectivity index (χ2v) is 7.99. The number of anilines is 1. The van der Waals surface area contributed by atoms with Gasteiger partial charge in [-0.05, 0) is 37.1 Å². The number of imide groups is 1. The Balaban J connectivity index is 1.38. The van der Waals surface area contributed by atoms with E-state index >= 15 is 0 Å². The molecule has 0 radical (unpaired) electrons. The number of benzene rings is 1. The molecular formula is C21H28N3O4+. The predicted octanol–water partition coefficient (Wildman–Crippen LogP) is 0.244. The van der Waals surface area contributed by atoms with Gasteiger partial charge in [-0.25, -0.2) is 4.90 Å². The first-order chi connectivity index (χ1) is 13.6.